The second kappa shape index (κ2) is 6.78. The fraction of sp³-hybridized carbons (Fsp3) is 0.474. The van der Waals surface area contributed by atoms with Crippen LogP contribution in [0.1, 0.15) is 60.2 Å². The zero-order valence-corrected chi connectivity index (χ0v) is 14.4. The van der Waals surface area contributed by atoms with E-state index < -0.39 is 29.9 Å². The summed E-state index contributed by atoms with van der Waals surface area (Å²) in [4.78, 5) is 50.9. The van der Waals surface area contributed by atoms with Crippen LogP contribution >= 0.6 is 0 Å². The van der Waals surface area contributed by atoms with Crippen molar-refractivity contribution in [3.8, 4) is 0 Å². The molecule has 1 aliphatic heterocycles. The number of carbonyl (C=O) groups is 4. The fourth-order valence-corrected chi connectivity index (χ4v) is 3.42. The Morgan fingerprint density at radius 1 is 1.08 bits per heavy atom. The molecule has 132 valence electrons. The van der Waals surface area contributed by atoms with Gasteiger partial charge in [-0.25, -0.2) is 4.79 Å². The van der Waals surface area contributed by atoms with Crippen molar-refractivity contribution in [2.45, 2.75) is 51.7 Å². The van der Waals surface area contributed by atoms with Crippen molar-refractivity contribution in [1.82, 2.24) is 4.90 Å². The van der Waals surface area contributed by atoms with Gasteiger partial charge in [-0.05, 0) is 37.3 Å². The SMILES string of the molecule is CC(C)[C@H](C(=O)O[C@@H]1CCCCC1=O)N1C(=O)c2ccccc2C1=O. The second-order valence-corrected chi connectivity index (χ2v) is 6.85. The molecule has 1 saturated carbocycles. The molecular formula is C19H21NO5. The molecule has 2 atom stereocenters. The topological polar surface area (TPSA) is 80.8 Å². The number of benzene rings is 1. The van der Waals surface area contributed by atoms with Gasteiger partial charge in [-0.15, -0.1) is 0 Å². The number of fused-ring (bicyclic) bond motifs is 1. The Hall–Kier alpha value is -2.50. The molecule has 0 N–H and O–H groups in total. The Kier molecular flexibility index (Phi) is 4.70. The van der Waals surface area contributed by atoms with E-state index in [1.165, 1.54) is 0 Å². The summed E-state index contributed by atoms with van der Waals surface area (Å²) in [7, 11) is 0. The number of nitrogens with zero attached hydrogens (tertiary/aromatic N) is 1. The van der Waals surface area contributed by atoms with Crippen molar-refractivity contribution in [3.63, 3.8) is 0 Å². The molecule has 0 aromatic heterocycles. The van der Waals surface area contributed by atoms with E-state index in [4.69, 9.17) is 4.74 Å². The van der Waals surface area contributed by atoms with Gasteiger partial charge in [-0.1, -0.05) is 26.0 Å². The first-order valence-electron chi connectivity index (χ1n) is 8.62. The van der Waals surface area contributed by atoms with Crippen LogP contribution in [0.5, 0.6) is 0 Å². The van der Waals surface area contributed by atoms with Crippen LogP contribution in [0, 0.1) is 5.92 Å². The molecule has 0 saturated heterocycles. The van der Waals surface area contributed by atoms with Crippen LogP contribution in [-0.2, 0) is 14.3 Å². The smallest absolute Gasteiger partial charge is 0.330 e. The summed E-state index contributed by atoms with van der Waals surface area (Å²) in [5, 5.41) is 0. The van der Waals surface area contributed by atoms with Crippen LogP contribution in [0.4, 0.5) is 0 Å². The van der Waals surface area contributed by atoms with Gasteiger partial charge in [0, 0.05) is 6.42 Å². The molecule has 25 heavy (non-hydrogen) atoms. The van der Waals surface area contributed by atoms with Gasteiger partial charge >= 0.3 is 5.97 Å². The number of esters is 1. The van der Waals surface area contributed by atoms with Crippen LogP contribution in [0.2, 0.25) is 0 Å². The third-order valence-corrected chi connectivity index (χ3v) is 4.73. The van der Waals surface area contributed by atoms with E-state index in [-0.39, 0.29) is 11.7 Å². The third-order valence-electron chi connectivity index (χ3n) is 4.73. The molecule has 6 heteroatoms. The van der Waals surface area contributed by atoms with Crippen molar-refractivity contribution in [2.75, 3.05) is 0 Å². The lowest BCUT2D eigenvalue weighted by Crippen LogP contribution is -2.50. The molecule has 2 amide bonds. The molecule has 0 unspecified atom stereocenters. The van der Waals surface area contributed by atoms with Crippen LogP contribution in [-0.4, -0.2) is 40.6 Å². The van der Waals surface area contributed by atoms with E-state index in [9.17, 15) is 19.2 Å². The molecule has 0 bridgehead atoms. The molecule has 1 aromatic rings. The predicted octanol–water partition coefficient (Wildman–Crippen LogP) is 2.36. The average molecular weight is 343 g/mol. The summed E-state index contributed by atoms with van der Waals surface area (Å²) < 4.78 is 5.40. The van der Waals surface area contributed by atoms with Crippen LogP contribution < -0.4 is 0 Å². The molecule has 1 fully saturated rings. The van der Waals surface area contributed by atoms with Gasteiger partial charge in [-0.2, -0.15) is 0 Å². The van der Waals surface area contributed by atoms with E-state index in [1.54, 1.807) is 38.1 Å². The Morgan fingerprint density at radius 2 is 1.68 bits per heavy atom. The maximum atomic E-state index is 12.7. The summed E-state index contributed by atoms with van der Waals surface area (Å²) in [5.41, 5.74) is 0.583. The molecule has 1 heterocycles. The number of hydrogen-bond acceptors (Lipinski definition) is 5. The highest BCUT2D eigenvalue weighted by molar-refractivity contribution is 6.22. The van der Waals surface area contributed by atoms with Gasteiger partial charge in [0.2, 0.25) is 0 Å². The van der Waals surface area contributed by atoms with E-state index >= 15 is 0 Å². The molecule has 1 aliphatic carbocycles. The molecule has 1 aromatic carbocycles. The Bertz CT molecular complexity index is 704. The summed E-state index contributed by atoms with van der Waals surface area (Å²) in [6.45, 7) is 3.50. The molecule has 0 spiro atoms. The first-order chi connectivity index (χ1) is 11.9. The molecule has 2 aliphatic rings. The van der Waals surface area contributed by atoms with Crippen LogP contribution in [0.25, 0.3) is 0 Å². The first-order valence-corrected chi connectivity index (χ1v) is 8.62. The summed E-state index contributed by atoms with van der Waals surface area (Å²) in [5.74, 6) is -2.10. The van der Waals surface area contributed by atoms with E-state index in [2.05, 4.69) is 0 Å². The maximum absolute atomic E-state index is 12.7. The van der Waals surface area contributed by atoms with Crippen molar-refractivity contribution < 1.29 is 23.9 Å². The maximum Gasteiger partial charge on any atom is 0.330 e. The quantitative estimate of drug-likeness (QED) is 0.619. The number of imide groups is 1. The predicted molar refractivity (Wildman–Crippen MR) is 88.9 cm³/mol. The lowest BCUT2D eigenvalue weighted by Gasteiger charge is -2.30. The van der Waals surface area contributed by atoms with Gasteiger partial charge in [0.25, 0.3) is 11.8 Å². The fourth-order valence-electron chi connectivity index (χ4n) is 3.42. The number of hydrogen-bond donors (Lipinski definition) is 0. The third kappa shape index (κ3) is 3.08. The minimum absolute atomic E-state index is 0.0931. The number of rotatable bonds is 4. The standard InChI is InChI=1S/C19H21NO5/c1-11(2)16(19(24)25-15-10-6-5-9-14(15)21)20-17(22)12-7-3-4-8-13(12)18(20)23/h3-4,7-8,11,15-16H,5-6,9-10H2,1-2H3/t15-,16-/m1/s1. The number of carbonyl (C=O) groups excluding carboxylic acids is 4. The van der Waals surface area contributed by atoms with Crippen molar-refractivity contribution in [3.05, 3.63) is 35.4 Å². The van der Waals surface area contributed by atoms with E-state index in [1.807, 2.05) is 0 Å². The minimum atomic E-state index is -1.04. The first kappa shape index (κ1) is 17.3. The normalized spacial score (nSPS) is 21.5. The molecular weight excluding hydrogens is 322 g/mol. The van der Waals surface area contributed by atoms with Gasteiger partial charge in [0.1, 0.15) is 6.04 Å². The van der Waals surface area contributed by atoms with Crippen LogP contribution in [0.3, 0.4) is 0 Å². The summed E-state index contributed by atoms with van der Waals surface area (Å²) >= 11 is 0. The van der Waals surface area contributed by atoms with Crippen molar-refractivity contribution in [1.29, 1.82) is 0 Å². The van der Waals surface area contributed by atoms with E-state index in [0.717, 1.165) is 17.7 Å². The zero-order valence-electron chi connectivity index (χ0n) is 14.4. The lowest BCUT2D eigenvalue weighted by molar-refractivity contribution is -0.161. The van der Waals surface area contributed by atoms with Gasteiger partial charge < -0.3 is 4.74 Å². The number of ketones is 1. The van der Waals surface area contributed by atoms with E-state index in [0.29, 0.717) is 24.0 Å². The second-order valence-electron chi connectivity index (χ2n) is 6.85. The van der Waals surface area contributed by atoms with Gasteiger partial charge in [0.15, 0.2) is 11.9 Å². The molecule has 0 radical (unpaired) electrons. The Morgan fingerprint density at radius 3 is 2.20 bits per heavy atom. The van der Waals surface area contributed by atoms with Gasteiger partial charge in [-0.3, -0.25) is 19.3 Å². The number of Topliss-reactive ketones (excluding diaryl/α,β-unsaturated/α-hetero) is 1. The molecule has 6 nitrogen and oxygen atoms in total. The number of ether oxygens (including phenoxy) is 1. The Balaban J connectivity index is 1.84. The molecule has 3 rings (SSSR count). The highest BCUT2D eigenvalue weighted by Crippen LogP contribution is 2.28. The van der Waals surface area contributed by atoms with Crippen molar-refractivity contribution in [2.24, 2.45) is 5.92 Å². The minimum Gasteiger partial charge on any atom is -0.453 e. The van der Waals surface area contributed by atoms with Gasteiger partial charge in [0.05, 0.1) is 11.1 Å². The lowest BCUT2D eigenvalue weighted by atomic mass is 9.96. The highest BCUT2D eigenvalue weighted by atomic mass is 16.5. The largest absolute Gasteiger partial charge is 0.453 e. The number of amides is 2. The zero-order chi connectivity index (χ0) is 18.1. The van der Waals surface area contributed by atoms with Crippen LogP contribution in [0.15, 0.2) is 24.3 Å². The summed E-state index contributed by atoms with van der Waals surface area (Å²) in [6, 6.07) is 5.46. The Labute approximate surface area is 146 Å². The average Bonchev–Trinajstić information content (AvgIpc) is 2.83. The monoisotopic (exact) mass is 343 g/mol. The highest BCUT2D eigenvalue weighted by Gasteiger charge is 2.45. The van der Waals surface area contributed by atoms with Crippen molar-refractivity contribution >= 4 is 23.6 Å². The summed E-state index contributed by atoms with van der Waals surface area (Å²) in [6.07, 6.45) is 1.76.